The molecule has 0 aliphatic carbocycles. The Labute approximate surface area is 237 Å². The number of thiophene rings is 1. The first-order valence-corrected chi connectivity index (χ1v) is 15.6. The lowest BCUT2D eigenvalue weighted by molar-refractivity contribution is -0.123. The first kappa shape index (κ1) is 29.3. The summed E-state index contributed by atoms with van der Waals surface area (Å²) in [6.07, 6.45) is 6.89. The van der Waals surface area contributed by atoms with Crippen molar-refractivity contribution in [2.45, 2.75) is 84.7 Å². The van der Waals surface area contributed by atoms with Crippen LogP contribution in [0.1, 0.15) is 93.3 Å². The Balaban J connectivity index is 1.47. The molecule has 0 radical (unpaired) electrons. The van der Waals surface area contributed by atoms with Crippen molar-refractivity contribution in [2.24, 2.45) is 5.92 Å². The first-order chi connectivity index (χ1) is 18.9. The average molecular weight is 552 g/mol. The number of hydrogen-bond donors (Lipinski definition) is 2. The highest BCUT2D eigenvalue weighted by Crippen LogP contribution is 2.28. The summed E-state index contributed by atoms with van der Waals surface area (Å²) in [6, 6.07) is 9.78. The molecule has 2 aromatic heterocycles. The Morgan fingerprint density at radius 1 is 1.10 bits per heavy atom. The zero-order chi connectivity index (χ0) is 27.8. The Hall–Kier alpha value is -2.71. The number of likely N-dealkylation sites (tertiary alicyclic amines) is 1. The third-order valence-corrected chi connectivity index (χ3v) is 8.60. The van der Waals surface area contributed by atoms with Gasteiger partial charge in [0.25, 0.3) is 5.91 Å². The van der Waals surface area contributed by atoms with Crippen LogP contribution in [0.2, 0.25) is 0 Å². The number of fused-ring (bicyclic) bond motifs is 1. The summed E-state index contributed by atoms with van der Waals surface area (Å²) in [5, 5.41) is 8.18. The fourth-order valence-corrected chi connectivity index (χ4v) is 6.33. The molecule has 4 rings (SSSR count). The third kappa shape index (κ3) is 7.70. The molecule has 1 unspecified atom stereocenters. The number of nitrogens with one attached hydrogen (secondary N) is 2. The molecule has 1 fully saturated rings. The molecule has 1 aliphatic heterocycles. The lowest BCUT2D eigenvalue weighted by atomic mass is 10.0. The fourth-order valence-electron chi connectivity index (χ4n) is 5.63. The van der Waals surface area contributed by atoms with E-state index in [-0.39, 0.29) is 17.7 Å². The second kappa shape index (κ2) is 14.1. The number of aromatic nitrogens is 2. The SMILES string of the molecule is CCC(CC)n1c(Cc2cccs2)nc2cc(C(=O)NC(CC(C)C)C(=O)NCCCN3CCCC3)ccc21. The predicted molar refractivity (Wildman–Crippen MR) is 160 cm³/mol. The van der Waals surface area contributed by atoms with E-state index < -0.39 is 6.04 Å². The third-order valence-electron chi connectivity index (χ3n) is 7.72. The molecule has 0 spiro atoms. The molecule has 2 amide bonds. The van der Waals surface area contributed by atoms with Gasteiger partial charge in [0.2, 0.25) is 5.91 Å². The van der Waals surface area contributed by atoms with Gasteiger partial charge in [-0.25, -0.2) is 4.98 Å². The molecule has 0 saturated carbocycles. The van der Waals surface area contributed by atoms with Gasteiger partial charge in [-0.1, -0.05) is 33.8 Å². The van der Waals surface area contributed by atoms with Gasteiger partial charge < -0.3 is 20.1 Å². The van der Waals surface area contributed by atoms with Gasteiger partial charge in [0.05, 0.1) is 11.0 Å². The van der Waals surface area contributed by atoms with Crippen LogP contribution >= 0.6 is 11.3 Å². The normalized spacial score (nSPS) is 14.9. The van der Waals surface area contributed by atoms with Crippen LogP contribution in [0.3, 0.4) is 0 Å². The van der Waals surface area contributed by atoms with Gasteiger partial charge >= 0.3 is 0 Å². The van der Waals surface area contributed by atoms with Crippen molar-refractivity contribution in [3.63, 3.8) is 0 Å². The highest BCUT2D eigenvalue weighted by atomic mass is 32.1. The van der Waals surface area contributed by atoms with Gasteiger partial charge in [0.1, 0.15) is 11.9 Å². The van der Waals surface area contributed by atoms with Crippen molar-refractivity contribution in [3.05, 3.63) is 52.0 Å². The number of carbonyl (C=O) groups is 2. The van der Waals surface area contributed by atoms with Crippen molar-refractivity contribution in [1.29, 1.82) is 0 Å². The summed E-state index contributed by atoms with van der Waals surface area (Å²) in [5.74, 6) is 0.982. The Bertz CT molecular complexity index is 1210. The highest BCUT2D eigenvalue weighted by Gasteiger charge is 2.24. The Morgan fingerprint density at radius 3 is 2.54 bits per heavy atom. The zero-order valence-electron chi connectivity index (χ0n) is 24.0. The standard InChI is InChI=1S/C31H45N5O2S/c1-5-24(6-2)36-28-13-12-23(20-26(28)33-29(36)21-25-11-9-18-39-25)30(37)34-27(19-22(3)4)31(38)32-14-10-17-35-15-7-8-16-35/h9,11-13,18,20,22,24,27H,5-8,10,14-17,19,21H2,1-4H3,(H,32,38)(H,34,37). The Morgan fingerprint density at radius 2 is 1.87 bits per heavy atom. The molecular formula is C31H45N5O2S. The number of benzene rings is 1. The van der Waals surface area contributed by atoms with Gasteiger partial charge in [-0.2, -0.15) is 0 Å². The van der Waals surface area contributed by atoms with Gasteiger partial charge in [-0.3, -0.25) is 9.59 Å². The fraction of sp³-hybridized carbons (Fsp3) is 0.581. The number of rotatable bonds is 14. The number of nitrogens with zero attached hydrogens (tertiary/aromatic N) is 3. The molecule has 1 aliphatic rings. The molecule has 212 valence electrons. The molecule has 2 N–H and O–H groups in total. The topological polar surface area (TPSA) is 79.3 Å². The van der Waals surface area contributed by atoms with E-state index >= 15 is 0 Å². The lowest BCUT2D eigenvalue weighted by Crippen LogP contribution is -2.47. The van der Waals surface area contributed by atoms with Crippen LogP contribution in [0.15, 0.2) is 35.7 Å². The quantitative estimate of drug-likeness (QED) is 0.248. The van der Waals surface area contributed by atoms with Crippen molar-refractivity contribution < 1.29 is 9.59 Å². The molecule has 39 heavy (non-hydrogen) atoms. The molecular weight excluding hydrogens is 506 g/mol. The van der Waals surface area contributed by atoms with E-state index in [0.29, 0.717) is 24.6 Å². The number of carbonyl (C=O) groups excluding carboxylic acids is 2. The van der Waals surface area contributed by atoms with E-state index in [4.69, 9.17) is 4.98 Å². The van der Waals surface area contributed by atoms with E-state index in [1.807, 2.05) is 18.2 Å². The average Bonchev–Trinajstić information content (AvgIpc) is 3.69. The number of hydrogen-bond acceptors (Lipinski definition) is 5. The van der Waals surface area contributed by atoms with E-state index in [0.717, 1.165) is 62.2 Å². The molecule has 8 heteroatoms. The Kier molecular flexibility index (Phi) is 10.6. The number of imidazole rings is 1. The van der Waals surface area contributed by atoms with Crippen molar-refractivity contribution in [1.82, 2.24) is 25.1 Å². The van der Waals surface area contributed by atoms with Gasteiger partial charge in [-0.05, 0) is 93.7 Å². The summed E-state index contributed by atoms with van der Waals surface area (Å²) in [4.78, 5) is 35.1. The molecule has 7 nitrogen and oxygen atoms in total. The van der Waals surface area contributed by atoms with Crippen LogP contribution in [0.25, 0.3) is 11.0 Å². The zero-order valence-corrected chi connectivity index (χ0v) is 24.9. The van der Waals surface area contributed by atoms with Crippen LogP contribution in [-0.2, 0) is 11.2 Å². The van der Waals surface area contributed by atoms with E-state index in [9.17, 15) is 9.59 Å². The largest absolute Gasteiger partial charge is 0.354 e. The van der Waals surface area contributed by atoms with Gasteiger partial charge in [0.15, 0.2) is 0 Å². The van der Waals surface area contributed by atoms with E-state index in [1.54, 1.807) is 11.3 Å². The maximum atomic E-state index is 13.4. The van der Waals surface area contributed by atoms with E-state index in [1.165, 1.54) is 17.7 Å². The molecule has 3 aromatic rings. The predicted octanol–water partition coefficient (Wildman–Crippen LogP) is 5.80. The van der Waals surface area contributed by atoms with E-state index in [2.05, 4.69) is 65.3 Å². The lowest BCUT2D eigenvalue weighted by Gasteiger charge is -2.21. The molecule has 3 heterocycles. The summed E-state index contributed by atoms with van der Waals surface area (Å²) in [6.45, 7) is 12.5. The van der Waals surface area contributed by atoms with Crippen LogP contribution in [0, 0.1) is 5.92 Å². The highest BCUT2D eigenvalue weighted by molar-refractivity contribution is 7.09. The van der Waals surface area contributed by atoms with Crippen LogP contribution < -0.4 is 10.6 Å². The minimum atomic E-state index is -0.559. The second-order valence-corrected chi connectivity index (χ2v) is 12.2. The minimum absolute atomic E-state index is 0.101. The monoisotopic (exact) mass is 551 g/mol. The molecule has 1 aromatic carbocycles. The van der Waals surface area contributed by atoms with Crippen molar-refractivity contribution >= 4 is 34.2 Å². The van der Waals surface area contributed by atoms with Crippen LogP contribution in [0.4, 0.5) is 0 Å². The van der Waals surface area contributed by atoms with Gasteiger partial charge in [-0.15, -0.1) is 11.3 Å². The maximum Gasteiger partial charge on any atom is 0.252 e. The van der Waals surface area contributed by atoms with Crippen LogP contribution in [0.5, 0.6) is 0 Å². The number of amides is 2. The first-order valence-electron chi connectivity index (χ1n) is 14.7. The van der Waals surface area contributed by atoms with Crippen molar-refractivity contribution in [3.8, 4) is 0 Å². The maximum absolute atomic E-state index is 13.4. The molecule has 1 saturated heterocycles. The smallest absolute Gasteiger partial charge is 0.252 e. The van der Waals surface area contributed by atoms with Crippen molar-refractivity contribution in [2.75, 3.05) is 26.2 Å². The minimum Gasteiger partial charge on any atom is -0.354 e. The second-order valence-electron chi connectivity index (χ2n) is 11.2. The van der Waals surface area contributed by atoms with Gasteiger partial charge in [0, 0.05) is 29.4 Å². The molecule has 1 atom stereocenters. The summed E-state index contributed by atoms with van der Waals surface area (Å²) in [7, 11) is 0. The molecule has 0 bridgehead atoms. The summed E-state index contributed by atoms with van der Waals surface area (Å²) >= 11 is 1.74. The summed E-state index contributed by atoms with van der Waals surface area (Å²) < 4.78 is 2.36. The van der Waals surface area contributed by atoms with Crippen LogP contribution in [-0.4, -0.2) is 58.5 Å². The summed E-state index contributed by atoms with van der Waals surface area (Å²) in [5.41, 5.74) is 2.42.